The summed E-state index contributed by atoms with van der Waals surface area (Å²) in [5.74, 6) is -1.76. The number of hydrogen-bond acceptors (Lipinski definition) is 2. The predicted molar refractivity (Wildman–Crippen MR) is 44.6 cm³/mol. The smallest absolute Gasteiger partial charge is 0.307 e. The number of hydrogen-bond donors (Lipinski definition) is 2. The Morgan fingerprint density at radius 1 is 1.15 bits per heavy atom. The lowest BCUT2D eigenvalue weighted by atomic mass is 9.79. The van der Waals surface area contributed by atoms with Gasteiger partial charge in [0.05, 0.1) is 11.8 Å². The van der Waals surface area contributed by atoms with E-state index in [1.165, 1.54) is 0 Å². The second kappa shape index (κ2) is 2.72. The van der Waals surface area contributed by atoms with Gasteiger partial charge in [-0.15, -0.1) is 0 Å². The molecule has 13 heavy (non-hydrogen) atoms. The normalized spacial score (nSPS) is 42.2. The Labute approximate surface area is 76.1 Å². The molecule has 72 valence electrons. The number of nitrogens with two attached hydrogens (primary N) is 1. The quantitative estimate of drug-likeness (QED) is 0.642. The minimum Gasteiger partial charge on any atom is -0.481 e. The topological polar surface area (TPSA) is 80.4 Å². The molecule has 2 aliphatic rings. The van der Waals surface area contributed by atoms with Crippen LogP contribution < -0.4 is 5.73 Å². The maximum atomic E-state index is 11.1. The van der Waals surface area contributed by atoms with Crippen molar-refractivity contribution >= 4 is 11.9 Å². The van der Waals surface area contributed by atoms with Gasteiger partial charge < -0.3 is 10.8 Å². The maximum Gasteiger partial charge on any atom is 0.307 e. The van der Waals surface area contributed by atoms with Gasteiger partial charge in [-0.05, 0) is 31.1 Å². The van der Waals surface area contributed by atoms with Gasteiger partial charge in [0.15, 0.2) is 0 Å². The van der Waals surface area contributed by atoms with Crippen molar-refractivity contribution in [3.63, 3.8) is 0 Å². The van der Waals surface area contributed by atoms with Crippen LogP contribution in [-0.2, 0) is 9.59 Å². The number of carbonyl (C=O) groups excluding carboxylic acids is 1. The number of carbonyl (C=O) groups is 2. The average Bonchev–Trinajstić information content (AvgIpc) is 2.60. The molecule has 0 aromatic heterocycles. The second-order valence-corrected chi connectivity index (χ2v) is 4.13. The highest BCUT2D eigenvalue weighted by molar-refractivity contribution is 5.85. The minimum atomic E-state index is -0.851. The molecular formula is C9H13NO3. The van der Waals surface area contributed by atoms with Crippen LogP contribution in [0.1, 0.15) is 19.3 Å². The summed E-state index contributed by atoms with van der Waals surface area (Å²) in [5, 5.41) is 8.95. The van der Waals surface area contributed by atoms with Crippen molar-refractivity contribution in [2.75, 3.05) is 0 Å². The molecule has 0 aliphatic heterocycles. The van der Waals surface area contributed by atoms with E-state index in [4.69, 9.17) is 10.8 Å². The molecule has 0 saturated heterocycles. The highest BCUT2D eigenvalue weighted by Gasteiger charge is 2.53. The number of rotatable bonds is 2. The predicted octanol–water partition coefficient (Wildman–Crippen LogP) is 0.219. The average molecular weight is 183 g/mol. The lowest BCUT2D eigenvalue weighted by Gasteiger charge is -2.24. The van der Waals surface area contributed by atoms with E-state index >= 15 is 0 Å². The van der Waals surface area contributed by atoms with Gasteiger partial charge in [0.1, 0.15) is 0 Å². The number of carboxylic acid groups (broad SMARTS) is 1. The van der Waals surface area contributed by atoms with Gasteiger partial charge >= 0.3 is 5.97 Å². The molecule has 0 spiro atoms. The first kappa shape index (κ1) is 8.53. The Bertz CT molecular complexity index is 238. The van der Waals surface area contributed by atoms with Gasteiger partial charge in [0, 0.05) is 0 Å². The first-order chi connectivity index (χ1) is 6.11. The SMILES string of the molecule is NC(=O)[C@H]1[C@H]2CC[C@H](C2)[C@@H]1C(=O)O. The summed E-state index contributed by atoms with van der Waals surface area (Å²) >= 11 is 0. The molecule has 0 heterocycles. The number of amides is 1. The Hall–Kier alpha value is -1.06. The van der Waals surface area contributed by atoms with E-state index in [9.17, 15) is 9.59 Å². The Balaban J connectivity index is 2.24. The summed E-state index contributed by atoms with van der Waals surface area (Å²) in [6.45, 7) is 0. The summed E-state index contributed by atoms with van der Waals surface area (Å²) in [5.41, 5.74) is 5.21. The largest absolute Gasteiger partial charge is 0.481 e. The summed E-state index contributed by atoms with van der Waals surface area (Å²) in [4.78, 5) is 22.0. The van der Waals surface area contributed by atoms with Crippen molar-refractivity contribution in [1.29, 1.82) is 0 Å². The van der Waals surface area contributed by atoms with Gasteiger partial charge in [-0.25, -0.2) is 0 Å². The molecule has 2 aliphatic carbocycles. The third-order valence-electron chi connectivity index (χ3n) is 3.53. The monoisotopic (exact) mass is 183 g/mol. The van der Waals surface area contributed by atoms with Crippen molar-refractivity contribution in [3.05, 3.63) is 0 Å². The standard InChI is InChI=1S/C9H13NO3/c10-8(11)6-4-1-2-5(3-4)7(6)9(12)13/h4-7H,1-3H2,(H2,10,11)(H,12,13)/t4-,5+,6-,7-/m0/s1. The highest BCUT2D eigenvalue weighted by Crippen LogP contribution is 2.52. The number of aliphatic carboxylic acids is 1. The van der Waals surface area contributed by atoms with Crippen LogP contribution in [-0.4, -0.2) is 17.0 Å². The van der Waals surface area contributed by atoms with Crippen molar-refractivity contribution in [2.45, 2.75) is 19.3 Å². The molecule has 1 amide bonds. The van der Waals surface area contributed by atoms with Crippen LogP contribution in [0.15, 0.2) is 0 Å². The molecule has 0 radical (unpaired) electrons. The third kappa shape index (κ3) is 1.12. The number of carboxylic acids is 1. The molecule has 2 bridgehead atoms. The van der Waals surface area contributed by atoms with E-state index < -0.39 is 23.7 Å². The van der Waals surface area contributed by atoms with Crippen molar-refractivity contribution in [2.24, 2.45) is 29.4 Å². The van der Waals surface area contributed by atoms with E-state index in [1.807, 2.05) is 0 Å². The lowest BCUT2D eigenvalue weighted by molar-refractivity contribution is -0.148. The van der Waals surface area contributed by atoms with Gasteiger partial charge in [0.2, 0.25) is 5.91 Å². The number of fused-ring (bicyclic) bond motifs is 2. The Kier molecular flexibility index (Phi) is 1.78. The van der Waals surface area contributed by atoms with Crippen LogP contribution in [0.3, 0.4) is 0 Å². The van der Waals surface area contributed by atoms with Gasteiger partial charge in [-0.1, -0.05) is 0 Å². The van der Waals surface area contributed by atoms with E-state index in [-0.39, 0.29) is 11.8 Å². The van der Waals surface area contributed by atoms with E-state index in [2.05, 4.69) is 0 Å². The Morgan fingerprint density at radius 3 is 2.08 bits per heavy atom. The van der Waals surface area contributed by atoms with Crippen LogP contribution in [0.4, 0.5) is 0 Å². The van der Waals surface area contributed by atoms with E-state index in [1.54, 1.807) is 0 Å². The van der Waals surface area contributed by atoms with Crippen LogP contribution in [0.25, 0.3) is 0 Å². The third-order valence-corrected chi connectivity index (χ3v) is 3.53. The fourth-order valence-electron chi connectivity index (χ4n) is 3.06. The molecule has 0 aromatic carbocycles. The van der Waals surface area contributed by atoms with Crippen LogP contribution in [0, 0.1) is 23.7 Å². The van der Waals surface area contributed by atoms with Crippen molar-refractivity contribution < 1.29 is 14.7 Å². The zero-order valence-electron chi connectivity index (χ0n) is 7.27. The summed E-state index contributed by atoms with van der Waals surface area (Å²) in [6, 6.07) is 0. The molecule has 2 rings (SSSR count). The van der Waals surface area contributed by atoms with Crippen molar-refractivity contribution in [1.82, 2.24) is 0 Å². The first-order valence-corrected chi connectivity index (χ1v) is 4.63. The van der Waals surface area contributed by atoms with E-state index in [0.29, 0.717) is 0 Å². The molecule has 2 fully saturated rings. The second-order valence-electron chi connectivity index (χ2n) is 4.13. The summed E-state index contributed by atoms with van der Waals surface area (Å²) < 4.78 is 0. The zero-order valence-corrected chi connectivity index (χ0v) is 7.27. The molecule has 3 N–H and O–H groups in total. The summed E-state index contributed by atoms with van der Waals surface area (Å²) in [7, 11) is 0. The molecule has 0 aromatic rings. The van der Waals surface area contributed by atoms with Gasteiger partial charge in [-0.2, -0.15) is 0 Å². The molecule has 4 heteroatoms. The Morgan fingerprint density at radius 2 is 1.69 bits per heavy atom. The molecule has 4 nitrogen and oxygen atoms in total. The molecule has 4 atom stereocenters. The first-order valence-electron chi connectivity index (χ1n) is 4.63. The molecule has 2 saturated carbocycles. The van der Waals surface area contributed by atoms with Crippen LogP contribution in [0.5, 0.6) is 0 Å². The minimum absolute atomic E-state index is 0.194. The van der Waals surface area contributed by atoms with Crippen molar-refractivity contribution in [3.8, 4) is 0 Å². The lowest BCUT2D eigenvalue weighted by Crippen LogP contribution is -2.38. The molecular weight excluding hydrogens is 170 g/mol. The fraction of sp³-hybridized carbons (Fsp3) is 0.778. The molecule has 0 unspecified atom stereocenters. The fourth-order valence-corrected chi connectivity index (χ4v) is 3.06. The maximum absolute atomic E-state index is 11.1. The summed E-state index contributed by atoms with van der Waals surface area (Å²) in [6.07, 6.45) is 2.80. The van der Waals surface area contributed by atoms with Gasteiger partial charge in [0.25, 0.3) is 0 Å². The van der Waals surface area contributed by atoms with Gasteiger partial charge in [-0.3, -0.25) is 9.59 Å². The van der Waals surface area contributed by atoms with Crippen LogP contribution >= 0.6 is 0 Å². The highest BCUT2D eigenvalue weighted by atomic mass is 16.4. The number of primary amides is 1. The van der Waals surface area contributed by atoms with E-state index in [0.717, 1.165) is 19.3 Å². The zero-order chi connectivity index (χ0) is 9.59. The van der Waals surface area contributed by atoms with Crippen LogP contribution in [0.2, 0.25) is 0 Å².